The molecule has 1 saturated carbocycles. The third kappa shape index (κ3) is 2.98. The quantitative estimate of drug-likeness (QED) is 0.441. The molecule has 0 heterocycles. The predicted molar refractivity (Wildman–Crippen MR) is 45.6 cm³/mol. The van der Waals surface area contributed by atoms with E-state index in [-0.39, 0.29) is 0 Å². The molecule has 1 rings (SSSR count). The highest BCUT2D eigenvalue weighted by Crippen LogP contribution is 2.18. The Balaban J connectivity index is 2.08. The summed E-state index contributed by atoms with van der Waals surface area (Å²) >= 11 is 4.98. The number of hydrazine groups is 1. The van der Waals surface area contributed by atoms with Gasteiger partial charge in [-0.3, -0.25) is 5.43 Å². The Hall–Kier alpha value is -0.350. The highest BCUT2D eigenvalue weighted by atomic mass is 32.1. The van der Waals surface area contributed by atoms with Gasteiger partial charge in [-0.25, -0.2) is 5.01 Å². The SMILES string of the molecule is CN(C)NC(=S)NC1CC1. The summed E-state index contributed by atoms with van der Waals surface area (Å²) in [4.78, 5) is 0. The molecule has 0 aliphatic heterocycles. The Morgan fingerprint density at radius 1 is 1.50 bits per heavy atom. The van der Waals surface area contributed by atoms with Crippen LogP contribution in [0.15, 0.2) is 0 Å². The van der Waals surface area contributed by atoms with Gasteiger partial charge in [-0.15, -0.1) is 0 Å². The van der Waals surface area contributed by atoms with E-state index < -0.39 is 0 Å². The van der Waals surface area contributed by atoms with Crippen LogP contribution in [0.3, 0.4) is 0 Å². The lowest BCUT2D eigenvalue weighted by molar-refractivity contribution is 0.359. The van der Waals surface area contributed by atoms with Gasteiger partial charge in [-0.05, 0) is 25.1 Å². The van der Waals surface area contributed by atoms with Crippen LogP contribution in [-0.2, 0) is 0 Å². The summed E-state index contributed by atoms with van der Waals surface area (Å²) in [5, 5.41) is 5.72. The van der Waals surface area contributed by atoms with Crippen LogP contribution >= 0.6 is 12.2 Å². The van der Waals surface area contributed by atoms with Gasteiger partial charge in [0.1, 0.15) is 0 Å². The predicted octanol–water partition coefficient (Wildman–Crippen LogP) is 0.0895. The third-order valence-electron chi connectivity index (χ3n) is 1.24. The molecule has 0 atom stereocenters. The standard InChI is InChI=1S/C6H13N3S/c1-9(2)8-6(10)7-5-3-4-5/h5H,3-4H2,1-2H3,(H2,7,8,10). The minimum atomic E-state index is 0.639. The Bertz CT molecular complexity index is 125. The maximum Gasteiger partial charge on any atom is 0.181 e. The molecule has 0 aromatic carbocycles. The lowest BCUT2D eigenvalue weighted by atomic mass is 10.7. The molecule has 0 radical (unpaired) electrons. The molecule has 1 aliphatic carbocycles. The second kappa shape index (κ2) is 3.16. The zero-order valence-electron chi connectivity index (χ0n) is 6.35. The Labute approximate surface area is 66.7 Å². The maximum absolute atomic E-state index is 4.98. The zero-order chi connectivity index (χ0) is 7.56. The van der Waals surface area contributed by atoms with Crippen LogP contribution in [0.25, 0.3) is 0 Å². The van der Waals surface area contributed by atoms with E-state index in [1.54, 1.807) is 0 Å². The first-order chi connectivity index (χ1) is 4.68. The molecular weight excluding hydrogens is 146 g/mol. The van der Waals surface area contributed by atoms with Crippen LogP contribution < -0.4 is 10.7 Å². The Kier molecular flexibility index (Phi) is 2.45. The van der Waals surface area contributed by atoms with E-state index in [0.717, 1.165) is 5.11 Å². The van der Waals surface area contributed by atoms with E-state index in [1.807, 2.05) is 19.1 Å². The van der Waals surface area contributed by atoms with Gasteiger partial charge in [0.25, 0.3) is 0 Å². The first kappa shape index (κ1) is 7.75. The normalized spacial score (nSPS) is 17.1. The molecule has 3 nitrogen and oxygen atoms in total. The minimum absolute atomic E-state index is 0.639. The fourth-order valence-corrected chi connectivity index (χ4v) is 0.998. The third-order valence-corrected chi connectivity index (χ3v) is 1.45. The molecule has 0 aromatic rings. The number of thiocarbonyl (C=S) groups is 1. The highest BCUT2D eigenvalue weighted by molar-refractivity contribution is 7.80. The van der Waals surface area contributed by atoms with Crippen molar-refractivity contribution in [1.82, 2.24) is 15.8 Å². The van der Waals surface area contributed by atoms with Crippen LogP contribution in [0.1, 0.15) is 12.8 Å². The first-order valence-corrected chi connectivity index (χ1v) is 3.84. The fraction of sp³-hybridized carbons (Fsp3) is 0.833. The molecule has 0 unspecified atom stereocenters. The van der Waals surface area contributed by atoms with E-state index in [0.29, 0.717) is 6.04 Å². The molecule has 1 aliphatic rings. The Morgan fingerprint density at radius 2 is 2.10 bits per heavy atom. The van der Waals surface area contributed by atoms with Gasteiger partial charge in [-0.1, -0.05) is 0 Å². The summed E-state index contributed by atoms with van der Waals surface area (Å²) in [6.07, 6.45) is 2.52. The number of rotatable bonds is 2. The van der Waals surface area contributed by atoms with Gasteiger partial charge in [0.2, 0.25) is 0 Å². The van der Waals surface area contributed by atoms with Crippen molar-refractivity contribution in [3.63, 3.8) is 0 Å². The number of hydrogen-bond acceptors (Lipinski definition) is 2. The molecular formula is C6H13N3S. The fourth-order valence-electron chi connectivity index (χ4n) is 0.648. The second-order valence-electron chi connectivity index (χ2n) is 2.75. The summed E-state index contributed by atoms with van der Waals surface area (Å²) in [6, 6.07) is 0.639. The van der Waals surface area contributed by atoms with E-state index in [2.05, 4.69) is 10.7 Å². The van der Waals surface area contributed by atoms with E-state index in [4.69, 9.17) is 12.2 Å². The topological polar surface area (TPSA) is 27.3 Å². The van der Waals surface area contributed by atoms with Gasteiger partial charge >= 0.3 is 0 Å². The molecule has 58 valence electrons. The van der Waals surface area contributed by atoms with Gasteiger partial charge in [0.15, 0.2) is 5.11 Å². The first-order valence-electron chi connectivity index (χ1n) is 3.43. The molecule has 0 spiro atoms. The molecule has 10 heavy (non-hydrogen) atoms. The van der Waals surface area contributed by atoms with E-state index in [1.165, 1.54) is 12.8 Å². The highest BCUT2D eigenvalue weighted by Gasteiger charge is 2.21. The molecule has 1 fully saturated rings. The van der Waals surface area contributed by atoms with E-state index >= 15 is 0 Å². The van der Waals surface area contributed by atoms with Gasteiger partial charge in [0.05, 0.1) is 0 Å². The van der Waals surface area contributed by atoms with Crippen LogP contribution in [0.2, 0.25) is 0 Å². The Morgan fingerprint density at radius 3 is 2.50 bits per heavy atom. The van der Waals surface area contributed by atoms with Crippen molar-refractivity contribution in [3.8, 4) is 0 Å². The van der Waals surface area contributed by atoms with Crippen molar-refractivity contribution in [2.75, 3.05) is 14.1 Å². The van der Waals surface area contributed by atoms with Crippen LogP contribution in [0.5, 0.6) is 0 Å². The van der Waals surface area contributed by atoms with Crippen molar-refractivity contribution in [2.24, 2.45) is 0 Å². The summed E-state index contributed by atoms with van der Waals surface area (Å²) in [6.45, 7) is 0. The number of hydrogen-bond donors (Lipinski definition) is 2. The summed E-state index contributed by atoms with van der Waals surface area (Å²) < 4.78 is 0. The van der Waals surface area contributed by atoms with Crippen molar-refractivity contribution in [2.45, 2.75) is 18.9 Å². The molecule has 0 saturated heterocycles. The molecule has 0 aromatic heterocycles. The van der Waals surface area contributed by atoms with Crippen molar-refractivity contribution in [1.29, 1.82) is 0 Å². The molecule has 2 N–H and O–H groups in total. The molecule has 0 amide bonds. The summed E-state index contributed by atoms with van der Waals surface area (Å²) in [7, 11) is 3.84. The van der Waals surface area contributed by atoms with Crippen LogP contribution in [0, 0.1) is 0 Å². The number of nitrogens with zero attached hydrogens (tertiary/aromatic N) is 1. The van der Waals surface area contributed by atoms with Crippen LogP contribution in [0.4, 0.5) is 0 Å². The number of nitrogens with one attached hydrogen (secondary N) is 2. The molecule has 4 heteroatoms. The van der Waals surface area contributed by atoms with Gasteiger partial charge in [0, 0.05) is 20.1 Å². The lowest BCUT2D eigenvalue weighted by Gasteiger charge is -2.14. The van der Waals surface area contributed by atoms with E-state index in [9.17, 15) is 0 Å². The minimum Gasteiger partial charge on any atom is -0.359 e. The molecule has 0 bridgehead atoms. The summed E-state index contributed by atoms with van der Waals surface area (Å²) in [5.41, 5.74) is 2.97. The van der Waals surface area contributed by atoms with Crippen molar-refractivity contribution in [3.05, 3.63) is 0 Å². The zero-order valence-corrected chi connectivity index (χ0v) is 7.16. The average Bonchev–Trinajstić information content (AvgIpc) is 2.46. The maximum atomic E-state index is 4.98. The van der Waals surface area contributed by atoms with Crippen molar-refractivity contribution < 1.29 is 0 Å². The lowest BCUT2D eigenvalue weighted by Crippen LogP contribution is -2.43. The van der Waals surface area contributed by atoms with Gasteiger partial charge in [-0.2, -0.15) is 0 Å². The average molecular weight is 159 g/mol. The van der Waals surface area contributed by atoms with Crippen LogP contribution in [-0.4, -0.2) is 30.3 Å². The monoisotopic (exact) mass is 159 g/mol. The summed E-state index contributed by atoms with van der Waals surface area (Å²) in [5.74, 6) is 0. The smallest absolute Gasteiger partial charge is 0.181 e. The largest absolute Gasteiger partial charge is 0.359 e. The van der Waals surface area contributed by atoms with Crippen molar-refractivity contribution >= 4 is 17.3 Å². The van der Waals surface area contributed by atoms with Gasteiger partial charge < -0.3 is 5.32 Å². The second-order valence-corrected chi connectivity index (χ2v) is 3.16.